The third kappa shape index (κ3) is 8.34. The number of carbonyl (C=O) groups excluding carboxylic acids is 4. The van der Waals surface area contributed by atoms with E-state index in [9.17, 15) is 19.2 Å². The van der Waals surface area contributed by atoms with Crippen LogP contribution in [0.3, 0.4) is 0 Å². The first kappa shape index (κ1) is 31.7. The maximum Gasteiger partial charge on any atom is 0.408 e. The monoisotopic (exact) mass is 571 g/mol. The number of aldehydes is 1. The Morgan fingerprint density at radius 1 is 1.10 bits per heavy atom. The summed E-state index contributed by atoms with van der Waals surface area (Å²) in [6.45, 7) is 6.97. The van der Waals surface area contributed by atoms with Crippen LogP contribution in [0.1, 0.15) is 46.1 Å². The Kier molecular flexibility index (Phi) is 11.0. The van der Waals surface area contributed by atoms with Gasteiger partial charge in [-0.15, -0.1) is 0 Å². The van der Waals surface area contributed by atoms with Crippen molar-refractivity contribution in [2.24, 2.45) is 17.8 Å². The van der Waals surface area contributed by atoms with Gasteiger partial charge in [-0.25, -0.2) is 4.79 Å². The van der Waals surface area contributed by atoms with E-state index in [1.165, 1.54) is 36.9 Å². The first-order chi connectivity index (χ1) is 19.4. The normalized spacial score (nSPS) is 16.7. The van der Waals surface area contributed by atoms with E-state index in [2.05, 4.69) is 10.6 Å². The van der Waals surface area contributed by atoms with Gasteiger partial charge in [0.05, 0.1) is 6.04 Å². The van der Waals surface area contributed by atoms with E-state index in [0.717, 1.165) is 5.56 Å². The predicted molar refractivity (Wildman–Crippen MR) is 151 cm³/mol. The number of ether oxygens (including phenoxy) is 1. The Morgan fingerprint density at radius 3 is 2.37 bits per heavy atom. The lowest BCUT2D eigenvalue weighted by atomic mass is 9.92. The fourth-order valence-corrected chi connectivity index (χ4v) is 4.97. The van der Waals surface area contributed by atoms with Crippen molar-refractivity contribution in [3.05, 3.63) is 60.2 Å². The number of amides is 3. The summed E-state index contributed by atoms with van der Waals surface area (Å²) in [7, 11) is 0. The molecule has 10 heteroatoms. The maximum atomic E-state index is 15.7. The van der Waals surface area contributed by atoms with Gasteiger partial charge in [0, 0.05) is 24.6 Å². The summed E-state index contributed by atoms with van der Waals surface area (Å²) in [4.78, 5) is 51.0. The molecule has 0 aliphatic carbocycles. The van der Waals surface area contributed by atoms with Gasteiger partial charge in [-0.2, -0.15) is 8.78 Å². The van der Waals surface area contributed by atoms with Gasteiger partial charge in [-0.3, -0.25) is 9.59 Å². The average molecular weight is 572 g/mol. The van der Waals surface area contributed by atoms with Crippen LogP contribution in [0.25, 0.3) is 11.1 Å². The van der Waals surface area contributed by atoms with Gasteiger partial charge in [0.15, 0.2) is 6.10 Å². The van der Waals surface area contributed by atoms with Gasteiger partial charge in [0.1, 0.15) is 12.8 Å². The van der Waals surface area contributed by atoms with E-state index in [-0.39, 0.29) is 36.3 Å². The molecule has 41 heavy (non-hydrogen) atoms. The molecule has 3 rings (SSSR count). The van der Waals surface area contributed by atoms with Crippen molar-refractivity contribution in [3.63, 3.8) is 0 Å². The van der Waals surface area contributed by atoms with Crippen molar-refractivity contribution in [2.75, 3.05) is 19.6 Å². The summed E-state index contributed by atoms with van der Waals surface area (Å²) < 4.78 is 36.6. The van der Waals surface area contributed by atoms with Crippen LogP contribution >= 0.6 is 0 Å². The molecule has 0 aromatic heterocycles. The Bertz CT molecular complexity index is 1210. The molecule has 0 spiro atoms. The molecule has 222 valence electrons. The van der Waals surface area contributed by atoms with Crippen molar-refractivity contribution in [3.8, 4) is 11.1 Å². The van der Waals surface area contributed by atoms with Crippen LogP contribution in [-0.2, 0) is 25.0 Å². The molecule has 2 N–H and O–H groups in total. The van der Waals surface area contributed by atoms with Crippen LogP contribution in [0.4, 0.5) is 13.6 Å². The Morgan fingerprint density at radius 2 is 1.78 bits per heavy atom. The van der Waals surface area contributed by atoms with Crippen molar-refractivity contribution in [1.29, 1.82) is 0 Å². The quantitative estimate of drug-likeness (QED) is 0.337. The second-order valence-corrected chi connectivity index (χ2v) is 11.1. The first-order valence-corrected chi connectivity index (χ1v) is 13.9. The predicted octanol–water partition coefficient (Wildman–Crippen LogP) is 4.77. The minimum absolute atomic E-state index is 0.00131. The van der Waals surface area contributed by atoms with Crippen LogP contribution in [0.5, 0.6) is 0 Å². The minimum Gasteiger partial charge on any atom is -0.439 e. The van der Waals surface area contributed by atoms with Crippen LogP contribution in [0.15, 0.2) is 54.6 Å². The number of hydrogen-bond donors (Lipinski definition) is 2. The summed E-state index contributed by atoms with van der Waals surface area (Å²) >= 11 is 0. The second kappa shape index (κ2) is 14.2. The number of benzene rings is 2. The molecule has 1 fully saturated rings. The van der Waals surface area contributed by atoms with Gasteiger partial charge in [-0.05, 0) is 41.9 Å². The minimum atomic E-state index is -3.52. The summed E-state index contributed by atoms with van der Waals surface area (Å²) in [5.41, 5.74) is 1.08. The number of nitrogens with one attached hydrogen (secondary N) is 2. The molecular formula is C31H39F2N3O5. The molecule has 0 unspecified atom stereocenters. The third-order valence-electron chi connectivity index (χ3n) is 7.06. The Hall–Kier alpha value is -3.82. The molecule has 3 atom stereocenters. The van der Waals surface area contributed by atoms with Crippen molar-refractivity contribution in [1.82, 2.24) is 15.5 Å². The first-order valence-electron chi connectivity index (χ1n) is 13.9. The zero-order valence-electron chi connectivity index (χ0n) is 23.9. The highest BCUT2D eigenvalue weighted by Gasteiger charge is 2.46. The highest BCUT2D eigenvalue weighted by atomic mass is 19.3. The lowest BCUT2D eigenvalue weighted by Gasteiger charge is -2.32. The molecule has 1 aliphatic rings. The second-order valence-electron chi connectivity index (χ2n) is 11.1. The molecule has 2 aromatic rings. The summed E-state index contributed by atoms with van der Waals surface area (Å²) in [6.07, 6.45) is -1.61. The number of hydrogen-bond acceptors (Lipinski definition) is 5. The zero-order valence-corrected chi connectivity index (χ0v) is 23.9. The van der Waals surface area contributed by atoms with Crippen molar-refractivity contribution in [2.45, 2.75) is 58.6 Å². The van der Waals surface area contributed by atoms with E-state index < -0.39 is 42.5 Å². The van der Waals surface area contributed by atoms with E-state index in [1.807, 2.05) is 44.2 Å². The molecule has 1 saturated heterocycles. The van der Waals surface area contributed by atoms with Crippen LogP contribution < -0.4 is 10.6 Å². The van der Waals surface area contributed by atoms with Crippen LogP contribution in [0, 0.1) is 17.8 Å². The molecule has 8 nitrogen and oxygen atoms in total. The van der Waals surface area contributed by atoms with Gasteiger partial charge < -0.3 is 25.1 Å². The fraction of sp³-hybridized carbons (Fsp3) is 0.484. The van der Waals surface area contributed by atoms with E-state index in [1.54, 1.807) is 6.07 Å². The molecule has 3 amide bonds. The van der Waals surface area contributed by atoms with E-state index in [0.29, 0.717) is 24.8 Å². The van der Waals surface area contributed by atoms with Crippen LogP contribution in [-0.4, -0.2) is 60.9 Å². The molecule has 2 aromatic carbocycles. The number of halogens is 2. The third-order valence-corrected chi connectivity index (χ3v) is 7.06. The molecule has 1 aliphatic heterocycles. The lowest BCUT2D eigenvalue weighted by molar-refractivity contribution is -0.139. The number of alkyl carbamates (subject to hydrolysis) is 1. The molecule has 0 bridgehead atoms. The number of nitrogens with zero attached hydrogens (tertiary/aromatic N) is 1. The maximum absolute atomic E-state index is 15.7. The highest BCUT2D eigenvalue weighted by Crippen LogP contribution is 2.38. The van der Waals surface area contributed by atoms with Gasteiger partial charge >= 0.3 is 12.0 Å². The summed E-state index contributed by atoms with van der Waals surface area (Å²) in [5.74, 6) is -5.39. The Labute approximate surface area is 239 Å². The zero-order chi connectivity index (χ0) is 30.2. The SMILES string of the molecule is CC(C)CN(C(=O)CNC(=O)O[C@@H](C(C)C)C(F)(F)c1cccc(-c2ccccc2)c1)[C@H](C=O)C[C@@H]1CCNC1=O. The molecule has 0 saturated carbocycles. The number of alkyl halides is 2. The largest absolute Gasteiger partial charge is 0.439 e. The highest BCUT2D eigenvalue weighted by molar-refractivity contribution is 5.85. The average Bonchev–Trinajstić information content (AvgIpc) is 3.36. The van der Waals surface area contributed by atoms with E-state index in [4.69, 9.17) is 4.74 Å². The van der Waals surface area contributed by atoms with Crippen LogP contribution in [0.2, 0.25) is 0 Å². The fourth-order valence-electron chi connectivity index (χ4n) is 4.97. The standard InChI is InChI=1S/C31H39F2N3O5/c1-20(2)18-36(26(19-37)16-24-13-14-34-29(24)39)27(38)17-35-30(40)41-28(21(3)4)31(32,33)25-12-8-11-23(15-25)22-9-6-5-7-10-22/h5-12,15,19-21,24,26,28H,13-14,16-18H2,1-4H3,(H,34,39)(H,35,40)/t24-,26-,28-/m0/s1. The summed E-state index contributed by atoms with van der Waals surface area (Å²) in [6, 6.07) is 14.2. The van der Waals surface area contributed by atoms with Gasteiger partial charge in [0.25, 0.3) is 0 Å². The van der Waals surface area contributed by atoms with Crippen molar-refractivity contribution < 1.29 is 32.7 Å². The molecule has 0 radical (unpaired) electrons. The van der Waals surface area contributed by atoms with E-state index >= 15 is 8.78 Å². The summed E-state index contributed by atoms with van der Waals surface area (Å²) in [5, 5.41) is 5.00. The number of carbonyl (C=O) groups is 4. The molecular weight excluding hydrogens is 532 g/mol. The van der Waals surface area contributed by atoms with Gasteiger partial charge in [-0.1, -0.05) is 76.2 Å². The lowest BCUT2D eigenvalue weighted by Crippen LogP contribution is -2.49. The molecule has 1 heterocycles. The van der Waals surface area contributed by atoms with Gasteiger partial charge in [0.2, 0.25) is 11.8 Å². The smallest absolute Gasteiger partial charge is 0.408 e. The topological polar surface area (TPSA) is 105 Å². The van der Waals surface area contributed by atoms with Crippen molar-refractivity contribution >= 4 is 24.2 Å². The number of rotatable bonds is 13. The Balaban J connectivity index is 1.69.